The van der Waals surface area contributed by atoms with Crippen LogP contribution < -0.4 is 16.4 Å². The van der Waals surface area contributed by atoms with Crippen molar-refractivity contribution >= 4 is 38.5 Å². The lowest BCUT2D eigenvalue weighted by Crippen LogP contribution is -2.36. The number of aromatic nitrogens is 1. The molecule has 2 aromatic rings. The summed E-state index contributed by atoms with van der Waals surface area (Å²) < 4.78 is 0.883. The van der Waals surface area contributed by atoms with Crippen molar-refractivity contribution in [1.29, 1.82) is 0 Å². The monoisotopic (exact) mass is 306 g/mol. The predicted octanol–water partition coefficient (Wildman–Crippen LogP) is 1.38. The molecule has 0 unspecified atom stereocenters. The summed E-state index contributed by atoms with van der Waals surface area (Å²) in [6.07, 6.45) is 0. The molecule has 112 valence electrons. The van der Waals surface area contributed by atoms with Gasteiger partial charge in [0.1, 0.15) is 0 Å². The van der Waals surface area contributed by atoms with E-state index >= 15 is 0 Å². The van der Waals surface area contributed by atoms with Gasteiger partial charge in [0.25, 0.3) is 5.91 Å². The van der Waals surface area contributed by atoms with E-state index in [9.17, 15) is 9.59 Å². The molecule has 21 heavy (non-hydrogen) atoms. The van der Waals surface area contributed by atoms with Crippen molar-refractivity contribution in [3.8, 4) is 0 Å². The molecule has 0 spiro atoms. The van der Waals surface area contributed by atoms with Crippen LogP contribution in [0.15, 0.2) is 18.2 Å². The van der Waals surface area contributed by atoms with Crippen LogP contribution in [0.1, 0.15) is 24.2 Å². The molecule has 0 radical (unpaired) electrons. The van der Waals surface area contributed by atoms with Gasteiger partial charge in [0.05, 0.1) is 10.2 Å². The molecule has 2 rings (SSSR count). The number of nitrogens with one attached hydrogen (secondary N) is 2. The van der Waals surface area contributed by atoms with Crippen LogP contribution in [0.2, 0.25) is 0 Å². The van der Waals surface area contributed by atoms with Crippen molar-refractivity contribution in [3.63, 3.8) is 0 Å². The van der Waals surface area contributed by atoms with E-state index in [1.165, 1.54) is 11.3 Å². The van der Waals surface area contributed by atoms with Gasteiger partial charge in [0, 0.05) is 24.6 Å². The van der Waals surface area contributed by atoms with Gasteiger partial charge >= 0.3 is 0 Å². The zero-order chi connectivity index (χ0) is 15.4. The number of fused-ring (bicyclic) bond motifs is 1. The Hall–Kier alpha value is -2.15. The van der Waals surface area contributed by atoms with Crippen molar-refractivity contribution in [2.75, 3.05) is 18.8 Å². The number of hydrogen-bond acceptors (Lipinski definition) is 5. The van der Waals surface area contributed by atoms with Crippen molar-refractivity contribution in [2.24, 2.45) is 5.92 Å². The standard InChI is InChI=1S/C14H18N4O2S/c1-8(2)12(19)16-5-6-17-13(20)9-3-4-10-11(7-9)21-14(15)18-10/h3-4,7-8H,5-6H2,1-2H3,(H2,15,18)(H,16,19)(H,17,20). The molecule has 1 heterocycles. The minimum absolute atomic E-state index is 0.0224. The van der Waals surface area contributed by atoms with Crippen LogP contribution in [-0.4, -0.2) is 29.9 Å². The Morgan fingerprint density at radius 2 is 2.00 bits per heavy atom. The van der Waals surface area contributed by atoms with E-state index in [1.54, 1.807) is 18.2 Å². The molecule has 1 aromatic heterocycles. The number of benzene rings is 1. The number of thiazole rings is 1. The molecule has 6 nitrogen and oxygen atoms in total. The molecule has 0 atom stereocenters. The van der Waals surface area contributed by atoms with E-state index in [1.807, 2.05) is 13.8 Å². The van der Waals surface area contributed by atoms with Gasteiger partial charge in [-0.1, -0.05) is 25.2 Å². The quantitative estimate of drug-likeness (QED) is 0.727. The van der Waals surface area contributed by atoms with Crippen molar-refractivity contribution < 1.29 is 9.59 Å². The number of nitrogen functional groups attached to an aromatic ring is 1. The fraction of sp³-hybridized carbons (Fsp3) is 0.357. The summed E-state index contributed by atoms with van der Waals surface area (Å²) in [4.78, 5) is 27.5. The van der Waals surface area contributed by atoms with Crippen LogP contribution >= 0.6 is 11.3 Å². The number of nitrogens with two attached hydrogens (primary N) is 1. The van der Waals surface area contributed by atoms with E-state index in [0.717, 1.165) is 10.2 Å². The molecule has 4 N–H and O–H groups in total. The van der Waals surface area contributed by atoms with E-state index in [0.29, 0.717) is 23.8 Å². The average Bonchev–Trinajstić information content (AvgIpc) is 2.81. The zero-order valence-corrected chi connectivity index (χ0v) is 12.8. The number of anilines is 1. The molecule has 0 aliphatic rings. The highest BCUT2D eigenvalue weighted by molar-refractivity contribution is 7.22. The molecular formula is C14H18N4O2S. The Morgan fingerprint density at radius 1 is 1.29 bits per heavy atom. The molecule has 0 bridgehead atoms. The molecule has 0 aliphatic carbocycles. The third-order valence-electron chi connectivity index (χ3n) is 2.90. The maximum atomic E-state index is 12.0. The molecular weight excluding hydrogens is 288 g/mol. The third kappa shape index (κ3) is 3.91. The summed E-state index contributed by atoms with van der Waals surface area (Å²) >= 11 is 1.35. The molecule has 0 saturated heterocycles. The summed E-state index contributed by atoms with van der Waals surface area (Å²) in [6.45, 7) is 4.45. The van der Waals surface area contributed by atoms with Gasteiger partial charge in [-0.05, 0) is 18.2 Å². The number of carbonyl (C=O) groups is 2. The second-order valence-electron chi connectivity index (χ2n) is 4.94. The summed E-state index contributed by atoms with van der Waals surface area (Å²) in [5.41, 5.74) is 6.98. The molecule has 1 aromatic carbocycles. The first kappa shape index (κ1) is 15.2. The van der Waals surface area contributed by atoms with Gasteiger partial charge in [-0.15, -0.1) is 0 Å². The Bertz CT molecular complexity index is 666. The largest absolute Gasteiger partial charge is 0.375 e. The maximum absolute atomic E-state index is 12.0. The van der Waals surface area contributed by atoms with Crippen LogP contribution in [0.4, 0.5) is 5.13 Å². The van der Waals surface area contributed by atoms with E-state index in [2.05, 4.69) is 15.6 Å². The lowest BCUT2D eigenvalue weighted by Gasteiger charge is -2.08. The third-order valence-corrected chi connectivity index (χ3v) is 3.75. The van der Waals surface area contributed by atoms with Crippen LogP contribution in [0.5, 0.6) is 0 Å². The topological polar surface area (TPSA) is 97.1 Å². The minimum atomic E-state index is -0.178. The van der Waals surface area contributed by atoms with Gasteiger partial charge in [-0.3, -0.25) is 9.59 Å². The fourth-order valence-electron chi connectivity index (χ4n) is 1.75. The maximum Gasteiger partial charge on any atom is 0.251 e. The van der Waals surface area contributed by atoms with Gasteiger partial charge in [0.2, 0.25) is 5.91 Å². The number of hydrogen-bond donors (Lipinski definition) is 3. The Balaban J connectivity index is 1.88. The molecule has 0 aliphatic heterocycles. The fourth-order valence-corrected chi connectivity index (χ4v) is 2.53. The average molecular weight is 306 g/mol. The van der Waals surface area contributed by atoms with Gasteiger partial charge in [-0.25, -0.2) is 4.98 Å². The highest BCUT2D eigenvalue weighted by atomic mass is 32.1. The Kier molecular flexibility index (Phi) is 4.74. The summed E-state index contributed by atoms with van der Waals surface area (Å²) in [5.74, 6) is -0.256. The zero-order valence-electron chi connectivity index (χ0n) is 12.0. The lowest BCUT2D eigenvalue weighted by atomic mass is 10.2. The van der Waals surface area contributed by atoms with Crippen LogP contribution in [-0.2, 0) is 4.79 Å². The first-order chi connectivity index (χ1) is 9.97. The number of rotatable bonds is 5. The van der Waals surface area contributed by atoms with Gasteiger partial charge in [0.15, 0.2) is 5.13 Å². The summed E-state index contributed by atoms with van der Waals surface area (Å²) in [7, 11) is 0. The van der Waals surface area contributed by atoms with Gasteiger partial charge < -0.3 is 16.4 Å². The second kappa shape index (κ2) is 6.53. The smallest absolute Gasteiger partial charge is 0.251 e. The van der Waals surface area contributed by atoms with Crippen LogP contribution in [0.25, 0.3) is 10.2 Å². The van der Waals surface area contributed by atoms with Crippen molar-refractivity contribution in [3.05, 3.63) is 23.8 Å². The number of carbonyl (C=O) groups excluding carboxylic acids is 2. The first-order valence-electron chi connectivity index (χ1n) is 6.69. The Labute approximate surface area is 126 Å². The highest BCUT2D eigenvalue weighted by Gasteiger charge is 2.09. The summed E-state index contributed by atoms with van der Waals surface area (Å²) in [6, 6.07) is 5.26. The molecule has 0 fully saturated rings. The lowest BCUT2D eigenvalue weighted by molar-refractivity contribution is -0.123. The normalized spacial score (nSPS) is 10.8. The molecule has 2 amide bonds. The molecule has 7 heteroatoms. The molecule has 0 saturated carbocycles. The second-order valence-corrected chi connectivity index (χ2v) is 6.00. The van der Waals surface area contributed by atoms with Gasteiger partial charge in [-0.2, -0.15) is 0 Å². The predicted molar refractivity (Wildman–Crippen MR) is 84.2 cm³/mol. The van der Waals surface area contributed by atoms with E-state index < -0.39 is 0 Å². The number of amides is 2. The van der Waals surface area contributed by atoms with E-state index in [4.69, 9.17) is 5.73 Å². The minimum Gasteiger partial charge on any atom is -0.375 e. The van der Waals surface area contributed by atoms with E-state index in [-0.39, 0.29) is 17.7 Å². The summed E-state index contributed by atoms with van der Waals surface area (Å²) in [5, 5.41) is 5.99. The first-order valence-corrected chi connectivity index (χ1v) is 7.51. The SMILES string of the molecule is CC(C)C(=O)NCCNC(=O)c1ccc2nc(N)sc2c1. The Morgan fingerprint density at radius 3 is 2.71 bits per heavy atom. The number of nitrogens with zero attached hydrogens (tertiary/aromatic N) is 1. The van der Waals surface area contributed by atoms with Crippen molar-refractivity contribution in [2.45, 2.75) is 13.8 Å². The van der Waals surface area contributed by atoms with Crippen LogP contribution in [0.3, 0.4) is 0 Å². The van der Waals surface area contributed by atoms with Crippen molar-refractivity contribution in [1.82, 2.24) is 15.6 Å². The van der Waals surface area contributed by atoms with Crippen LogP contribution in [0, 0.1) is 5.92 Å². The highest BCUT2D eigenvalue weighted by Crippen LogP contribution is 2.24.